The van der Waals surface area contributed by atoms with Gasteiger partial charge in [0.25, 0.3) is 0 Å². The van der Waals surface area contributed by atoms with Crippen molar-refractivity contribution in [3.63, 3.8) is 0 Å². The normalized spacial score (nSPS) is 19.3. The third-order valence-corrected chi connectivity index (χ3v) is 6.61. The zero-order valence-electron chi connectivity index (χ0n) is 45.7. The zero-order valence-corrected chi connectivity index (χ0v) is 21.7. The van der Waals surface area contributed by atoms with Crippen LogP contribution >= 0.6 is 0 Å². The number of hydrogen-bond acceptors (Lipinski definition) is 4. The second-order valence-electron chi connectivity index (χ2n) is 9.07. The van der Waals surface area contributed by atoms with E-state index in [4.69, 9.17) is 30.5 Å². The van der Waals surface area contributed by atoms with Gasteiger partial charge in [0.05, 0.1) is 43.9 Å². The van der Waals surface area contributed by atoms with E-state index in [-0.39, 0.29) is 10.8 Å². The average Bonchev–Trinajstić information content (AvgIpc) is 3.88. The molecule has 0 bridgehead atoms. The highest BCUT2D eigenvalue weighted by Crippen LogP contribution is 2.40. The number of aromatic nitrogens is 4. The molecule has 0 amide bonds. The fourth-order valence-electron chi connectivity index (χ4n) is 4.75. The molecular formula is C39H24N4O. The second kappa shape index (κ2) is 9.75. The van der Waals surface area contributed by atoms with Crippen molar-refractivity contribution in [1.82, 2.24) is 19.5 Å². The molecule has 0 spiro atoms. The third-order valence-electron chi connectivity index (χ3n) is 6.61. The first kappa shape index (κ1) is 10.6. The Kier molecular flexibility index (Phi) is 2.34. The number of nitrogens with zero attached hydrogens (tertiary/aromatic N) is 4. The van der Waals surface area contributed by atoms with E-state index in [1.807, 2.05) is 0 Å². The van der Waals surface area contributed by atoms with Gasteiger partial charge in [-0.25, -0.2) is 15.0 Å². The lowest BCUT2D eigenvalue weighted by Crippen LogP contribution is -2.00. The summed E-state index contributed by atoms with van der Waals surface area (Å²) in [5.74, 6) is -2.38. The molecule has 0 unspecified atom stereocenters. The molecular weight excluding hydrogens is 540 g/mol. The smallest absolute Gasteiger partial charge is 0.164 e. The van der Waals surface area contributed by atoms with Gasteiger partial charge in [0.15, 0.2) is 23.1 Å². The molecule has 0 aliphatic rings. The molecule has 3 aromatic heterocycles. The maximum atomic E-state index is 9.48. The van der Waals surface area contributed by atoms with Crippen LogP contribution in [0.4, 0.5) is 0 Å². The van der Waals surface area contributed by atoms with Gasteiger partial charge in [0.2, 0.25) is 0 Å². The second-order valence-corrected chi connectivity index (χ2v) is 9.07. The van der Waals surface area contributed by atoms with E-state index in [1.54, 1.807) is 0 Å². The van der Waals surface area contributed by atoms with Crippen LogP contribution in [0.15, 0.2) is 149 Å². The number of hydrogen-bond donors (Lipinski definition) is 0. The van der Waals surface area contributed by atoms with Crippen LogP contribution in [0.1, 0.15) is 32.9 Å². The number of rotatable bonds is 4. The van der Waals surface area contributed by atoms with Gasteiger partial charge in [0, 0.05) is 43.9 Å². The van der Waals surface area contributed by atoms with Gasteiger partial charge in [-0.15, -0.1) is 0 Å². The third kappa shape index (κ3) is 3.83. The number of para-hydroxylation sites is 2. The van der Waals surface area contributed by atoms with Crippen LogP contribution in [0.5, 0.6) is 0 Å². The summed E-state index contributed by atoms with van der Waals surface area (Å²) in [5, 5.41) is -1.57. The van der Waals surface area contributed by atoms with Crippen LogP contribution in [0, 0.1) is 0 Å². The summed E-state index contributed by atoms with van der Waals surface area (Å²) in [6.45, 7) is 0. The minimum atomic E-state index is -1.01. The molecule has 6 aromatic carbocycles. The Balaban J connectivity index is 1.46. The molecule has 0 saturated carbocycles. The van der Waals surface area contributed by atoms with Crippen molar-refractivity contribution in [2.75, 3.05) is 0 Å². The van der Waals surface area contributed by atoms with Crippen molar-refractivity contribution < 1.29 is 37.3 Å². The van der Waals surface area contributed by atoms with Crippen molar-refractivity contribution in [2.45, 2.75) is 0 Å². The number of furan rings is 1. The number of fused-ring (bicyclic) bond motifs is 7. The summed E-state index contributed by atoms with van der Waals surface area (Å²) in [5.41, 5.74) is -4.88. The van der Waals surface area contributed by atoms with Crippen molar-refractivity contribution in [2.24, 2.45) is 0 Å². The molecule has 5 heteroatoms. The molecule has 0 atom stereocenters. The standard InChI is InChI=1S/C39H24N4O/c1-3-11-25(12-4-1)37-40-38(26-13-5-2-6-14-26)42-39(41-37)27-19-21-28(22-20-27)43-33-17-9-7-15-29(33)31-23-24-32-30-16-8-10-18-34(30)44-36(32)35(31)43/h1-24H/i1D,2D,3D,4D,5D,6D,7D,8D,9D,10D,11D,12D,13D,14D,15D,16D,17D,18D,19D,20D,21D,22D,23D,24D. The van der Waals surface area contributed by atoms with Gasteiger partial charge in [-0.2, -0.15) is 0 Å². The van der Waals surface area contributed by atoms with E-state index in [0.717, 1.165) is 4.57 Å². The van der Waals surface area contributed by atoms with E-state index in [0.29, 0.717) is 0 Å². The lowest BCUT2D eigenvalue weighted by molar-refractivity contribution is 0.671. The Labute approximate surface area is 286 Å². The molecule has 206 valence electrons. The van der Waals surface area contributed by atoms with Gasteiger partial charge in [0.1, 0.15) is 5.58 Å². The van der Waals surface area contributed by atoms with Crippen molar-refractivity contribution in [3.8, 4) is 39.9 Å². The largest absolute Gasteiger partial charge is 0.454 e. The van der Waals surface area contributed by atoms with Crippen LogP contribution in [0.25, 0.3) is 83.6 Å². The quantitative estimate of drug-likeness (QED) is 0.205. The Morgan fingerprint density at radius 2 is 0.977 bits per heavy atom. The zero-order chi connectivity index (χ0) is 49.9. The van der Waals surface area contributed by atoms with Gasteiger partial charge in [-0.1, -0.05) is 103 Å². The first-order chi connectivity index (χ1) is 31.8. The Hall–Kier alpha value is -6.07. The van der Waals surface area contributed by atoms with Crippen LogP contribution in [-0.4, -0.2) is 19.5 Å². The summed E-state index contributed by atoms with van der Waals surface area (Å²) in [6, 6.07) is -19.9. The highest BCUT2D eigenvalue weighted by atomic mass is 16.3. The predicted octanol–water partition coefficient (Wildman–Crippen LogP) is 9.87. The number of benzene rings is 6. The Bertz CT molecular complexity index is 3690. The molecule has 0 fully saturated rings. The van der Waals surface area contributed by atoms with Crippen LogP contribution in [0.3, 0.4) is 0 Å². The Morgan fingerprint density at radius 3 is 1.64 bits per heavy atom. The van der Waals surface area contributed by atoms with E-state index in [1.165, 1.54) is 0 Å². The Morgan fingerprint density at radius 1 is 0.455 bits per heavy atom. The van der Waals surface area contributed by atoms with E-state index >= 15 is 0 Å². The summed E-state index contributed by atoms with van der Waals surface area (Å²) >= 11 is 0. The molecule has 0 N–H and O–H groups in total. The molecule has 9 aromatic rings. The molecule has 0 aliphatic heterocycles. The summed E-state index contributed by atoms with van der Waals surface area (Å²) in [4.78, 5) is 12.6. The highest BCUT2D eigenvalue weighted by molar-refractivity contribution is 6.21. The maximum Gasteiger partial charge on any atom is 0.164 e. The monoisotopic (exact) mass is 588 g/mol. The van der Waals surface area contributed by atoms with Gasteiger partial charge < -0.3 is 8.98 Å². The molecule has 3 heterocycles. The van der Waals surface area contributed by atoms with E-state index in [2.05, 4.69) is 15.0 Å². The fourth-order valence-corrected chi connectivity index (χ4v) is 4.75. The molecule has 0 radical (unpaired) electrons. The molecule has 0 aliphatic carbocycles. The fraction of sp³-hybridized carbons (Fsp3) is 0. The SMILES string of the molecule is [2H]c1c([2H])c([2H])c(-c2nc(-c3c([2H])c([2H])c([2H])c([2H])c3[2H])nc(-c3c([2H])c([2H])c(-n4c5c([2H])c([2H])c([2H])c([2H])c5c5c([2H])c([2H])c6c(oc7c([2H])c([2H])c([2H])c([2H])c76)c54)c([2H])c3[2H])n2)c([2H])c1[2H]. The minimum Gasteiger partial charge on any atom is -0.454 e. The maximum absolute atomic E-state index is 9.48. The first-order valence-corrected chi connectivity index (χ1v) is 12.7. The molecule has 5 nitrogen and oxygen atoms in total. The van der Waals surface area contributed by atoms with Gasteiger partial charge in [-0.05, 0) is 42.3 Å². The van der Waals surface area contributed by atoms with Crippen molar-refractivity contribution in [3.05, 3.63) is 145 Å². The lowest BCUT2D eigenvalue weighted by atomic mass is 10.1. The van der Waals surface area contributed by atoms with Crippen LogP contribution in [-0.2, 0) is 0 Å². The van der Waals surface area contributed by atoms with Crippen molar-refractivity contribution in [1.29, 1.82) is 0 Å². The first-order valence-electron chi connectivity index (χ1n) is 24.7. The summed E-state index contributed by atoms with van der Waals surface area (Å²) in [6.07, 6.45) is 0. The minimum absolute atomic E-state index is 0.350. The van der Waals surface area contributed by atoms with Crippen molar-refractivity contribution >= 4 is 43.7 Å². The molecule has 0 saturated heterocycles. The van der Waals surface area contributed by atoms with Gasteiger partial charge in [-0.3, -0.25) is 0 Å². The van der Waals surface area contributed by atoms with Crippen LogP contribution in [0.2, 0.25) is 0 Å². The van der Waals surface area contributed by atoms with E-state index < -0.39 is 218 Å². The predicted molar refractivity (Wildman–Crippen MR) is 178 cm³/mol. The molecule has 9 rings (SSSR count). The van der Waals surface area contributed by atoms with Gasteiger partial charge >= 0.3 is 0 Å². The summed E-state index contributed by atoms with van der Waals surface area (Å²) < 4.78 is 216. The summed E-state index contributed by atoms with van der Waals surface area (Å²) in [7, 11) is 0. The topological polar surface area (TPSA) is 56.7 Å². The average molecular weight is 589 g/mol. The van der Waals surface area contributed by atoms with E-state index in [9.17, 15) is 6.85 Å². The lowest BCUT2D eigenvalue weighted by Gasteiger charge is -2.11. The highest BCUT2D eigenvalue weighted by Gasteiger charge is 2.19. The van der Waals surface area contributed by atoms with Crippen LogP contribution < -0.4 is 0 Å². The molecule has 44 heavy (non-hydrogen) atoms.